The van der Waals surface area contributed by atoms with Crippen LogP contribution in [-0.4, -0.2) is 9.55 Å². The summed E-state index contributed by atoms with van der Waals surface area (Å²) in [5, 5.41) is 1.04. The van der Waals surface area contributed by atoms with Crippen LogP contribution in [0.3, 0.4) is 0 Å². The Kier molecular flexibility index (Phi) is 2.88. The van der Waals surface area contributed by atoms with Gasteiger partial charge in [-0.2, -0.15) is 0 Å². The molecular formula is C14H11Cl2N3. The van der Waals surface area contributed by atoms with E-state index in [4.69, 9.17) is 28.9 Å². The van der Waals surface area contributed by atoms with Crippen LogP contribution in [0.15, 0.2) is 36.4 Å². The van der Waals surface area contributed by atoms with Crippen molar-refractivity contribution in [3.63, 3.8) is 0 Å². The van der Waals surface area contributed by atoms with E-state index in [1.54, 1.807) is 6.07 Å². The van der Waals surface area contributed by atoms with E-state index < -0.39 is 0 Å². The molecule has 96 valence electrons. The van der Waals surface area contributed by atoms with Crippen molar-refractivity contribution < 1.29 is 0 Å². The van der Waals surface area contributed by atoms with Gasteiger partial charge in [0, 0.05) is 18.3 Å². The van der Waals surface area contributed by atoms with E-state index in [9.17, 15) is 0 Å². The molecule has 19 heavy (non-hydrogen) atoms. The lowest BCUT2D eigenvalue weighted by Crippen LogP contribution is -1.93. The second-order valence-corrected chi connectivity index (χ2v) is 5.19. The molecule has 0 unspecified atom stereocenters. The fourth-order valence-electron chi connectivity index (χ4n) is 2.08. The highest BCUT2D eigenvalue weighted by Gasteiger charge is 2.11. The van der Waals surface area contributed by atoms with Crippen LogP contribution in [0.25, 0.3) is 22.4 Å². The highest BCUT2D eigenvalue weighted by Crippen LogP contribution is 2.30. The third-order valence-electron chi connectivity index (χ3n) is 3.09. The van der Waals surface area contributed by atoms with Gasteiger partial charge in [-0.3, -0.25) is 0 Å². The molecule has 0 bridgehead atoms. The van der Waals surface area contributed by atoms with Gasteiger partial charge in [0.15, 0.2) is 0 Å². The zero-order valence-corrected chi connectivity index (χ0v) is 11.7. The van der Waals surface area contributed by atoms with E-state index in [1.165, 1.54) is 0 Å². The van der Waals surface area contributed by atoms with Crippen LogP contribution in [0, 0.1) is 0 Å². The normalized spacial score (nSPS) is 11.1. The molecular weight excluding hydrogens is 281 g/mol. The van der Waals surface area contributed by atoms with Crippen molar-refractivity contribution in [1.29, 1.82) is 0 Å². The van der Waals surface area contributed by atoms with Crippen molar-refractivity contribution in [3.05, 3.63) is 46.4 Å². The Morgan fingerprint density at radius 2 is 1.68 bits per heavy atom. The van der Waals surface area contributed by atoms with Crippen LogP contribution in [0.5, 0.6) is 0 Å². The van der Waals surface area contributed by atoms with Crippen molar-refractivity contribution in [2.75, 3.05) is 5.73 Å². The molecule has 2 N–H and O–H groups in total. The third kappa shape index (κ3) is 2.05. The number of nitrogens with zero attached hydrogens (tertiary/aromatic N) is 2. The molecule has 0 aliphatic rings. The highest BCUT2D eigenvalue weighted by atomic mass is 35.5. The summed E-state index contributed by atoms with van der Waals surface area (Å²) in [6.45, 7) is 0. The lowest BCUT2D eigenvalue weighted by atomic mass is 10.2. The molecule has 0 spiro atoms. The van der Waals surface area contributed by atoms with Gasteiger partial charge in [-0.25, -0.2) is 4.98 Å². The molecule has 3 aromatic rings. The first-order chi connectivity index (χ1) is 9.06. The number of aryl methyl sites for hydroxylation is 1. The molecule has 0 aliphatic heterocycles. The Bertz CT molecular complexity index is 760. The second kappa shape index (κ2) is 4.44. The van der Waals surface area contributed by atoms with Gasteiger partial charge in [0.1, 0.15) is 5.82 Å². The van der Waals surface area contributed by atoms with Crippen LogP contribution >= 0.6 is 23.2 Å². The minimum Gasteiger partial charge on any atom is -0.399 e. The number of benzene rings is 2. The molecule has 0 fully saturated rings. The predicted octanol–water partition coefficient (Wildman–Crippen LogP) is 4.13. The summed E-state index contributed by atoms with van der Waals surface area (Å²) >= 11 is 12.1. The van der Waals surface area contributed by atoms with Gasteiger partial charge in [-0.05, 0) is 36.4 Å². The monoisotopic (exact) mass is 291 g/mol. The number of hydrogen-bond donors (Lipinski definition) is 1. The van der Waals surface area contributed by atoms with Crippen LogP contribution in [0.1, 0.15) is 0 Å². The fraction of sp³-hybridized carbons (Fsp3) is 0.0714. The number of anilines is 1. The largest absolute Gasteiger partial charge is 0.399 e. The average molecular weight is 292 g/mol. The number of halogens is 2. The van der Waals surface area contributed by atoms with Crippen LogP contribution in [-0.2, 0) is 7.05 Å². The molecule has 0 amide bonds. The maximum Gasteiger partial charge on any atom is 0.140 e. The lowest BCUT2D eigenvalue weighted by molar-refractivity contribution is 0.959. The fourth-order valence-corrected chi connectivity index (χ4v) is 2.39. The smallest absolute Gasteiger partial charge is 0.140 e. The number of imidazole rings is 1. The summed E-state index contributed by atoms with van der Waals surface area (Å²) in [4.78, 5) is 4.59. The Hall–Kier alpha value is -1.71. The van der Waals surface area contributed by atoms with Crippen LogP contribution < -0.4 is 5.73 Å². The Labute approximate surface area is 120 Å². The first-order valence-electron chi connectivity index (χ1n) is 5.73. The van der Waals surface area contributed by atoms with E-state index in [-0.39, 0.29) is 0 Å². The summed E-state index contributed by atoms with van der Waals surface area (Å²) in [6.07, 6.45) is 0. The standard InChI is InChI=1S/C14H11Cl2N3/c1-19-13-7-11(16)10(15)6-12(13)18-14(19)8-2-4-9(17)5-3-8/h2-7H,17H2,1H3. The number of nitrogens with two attached hydrogens (primary N) is 1. The molecule has 1 aromatic heterocycles. The highest BCUT2D eigenvalue weighted by molar-refractivity contribution is 6.42. The average Bonchev–Trinajstić information content (AvgIpc) is 2.69. The van der Waals surface area contributed by atoms with Gasteiger partial charge >= 0.3 is 0 Å². The lowest BCUT2D eigenvalue weighted by Gasteiger charge is -2.03. The Morgan fingerprint density at radius 1 is 1.05 bits per heavy atom. The summed E-state index contributed by atoms with van der Waals surface area (Å²) < 4.78 is 1.99. The van der Waals surface area contributed by atoms with Crippen LogP contribution in [0.4, 0.5) is 5.69 Å². The maximum atomic E-state index is 6.05. The second-order valence-electron chi connectivity index (χ2n) is 4.37. The van der Waals surface area contributed by atoms with Crippen molar-refractivity contribution in [3.8, 4) is 11.4 Å². The van der Waals surface area contributed by atoms with E-state index in [2.05, 4.69) is 4.98 Å². The molecule has 5 heteroatoms. The zero-order valence-electron chi connectivity index (χ0n) is 10.2. The van der Waals surface area contributed by atoms with Crippen molar-refractivity contribution in [1.82, 2.24) is 9.55 Å². The zero-order chi connectivity index (χ0) is 13.6. The van der Waals surface area contributed by atoms with Gasteiger partial charge in [-0.1, -0.05) is 23.2 Å². The number of rotatable bonds is 1. The maximum absolute atomic E-state index is 6.05. The number of hydrogen-bond acceptors (Lipinski definition) is 2. The SMILES string of the molecule is Cn1c(-c2ccc(N)cc2)nc2cc(Cl)c(Cl)cc21. The molecule has 0 saturated carbocycles. The molecule has 0 saturated heterocycles. The van der Waals surface area contributed by atoms with Gasteiger partial charge in [-0.15, -0.1) is 0 Å². The summed E-state index contributed by atoms with van der Waals surface area (Å²) in [5.74, 6) is 0.855. The van der Waals surface area contributed by atoms with E-state index in [1.807, 2.05) is 41.9 Å². The quantitative estimate of drug-likeness (QED) is 0.685. The van der Waals surface area contributed by atoms with Crippen molar-refractivity contribution in [2.24, 2.45) is 7.05 Å². The molecule has 0 radical (unpaired) electrons. The summed E-state index contributed by atoms with van der Waals surface area (Å²) in [7, 11) is 1.95. The number of aromatic nitrogens is 2. The minimum absolute atomic E-state index is 0.510. The first kappa shape index (κ1) is 12.3. The van der Waals surface area contributed by atoms with Gasteiger partial charge in [0.25, 0.3) is 0 Å². The number of nitrogen functional groups attached to an aromatic ring is 1. The van der Waals surface area contributed by atoms with Crippen molar-refractivity contribution >= 4 is 39.9 Å². The predicted molar refractivity (Wildman–Crippen MR) is 80.6 cm³/mol. The summed E-state index contributed by atoms with van der Waals surface area (Å²) in [6, 6.07) is 11.2. The topological polar surface area (TPSA) is 43.8 Å². The first-order valence-corrected chi connectivity index (χ1v) is 6.49. The van der Waals surface area contributed by atoms with Gasteiger partial charge < -0.3 is 10.3 Å². The minimum atomic E-state index is 0.510. The van der Waals surface area contributed by atoms with E-state index >= 15 is 0 Å². The molecule has 2 aromatic carbocycles. The van der Waals surface area contributed by atoms with E-state index in [0.29, 0.717) is 10.0 Å². The van der Waals surface area contributed by atoms with Crippen LogP contribution in [0.2, 0.25) is 10.0 Å². The Morgan fingerprint density at radius 3 is 2.37 bits per heavy atom. The molecule has 1 heterocycles. The molecule has 3 rings (SSSR count). The number of fused-ring (bicyclic) bond motifs is 1. The third-order valence-corrected chi connectivity index (χ3v) is 3.81. The molecule has 0 atom stereocenters. The van der Waals surface area contributed by atoms with E-state index in [0.717, 1.165) is 28.1 Å². The van der Waals surface area contributed by atoms with Gasteiger partial charge in [0.2, 0.25) is 0 Å². The molecule has 0 aliphatic carbocycles. The molecule has 3 nitrogen and oxygen atoms in total. The Balaban J connectivity index is 2.25. The van der Waals surface area contributed by atoms with Gasteiger partial charge in [0.05, 0.1) is 21.1 Å². The van der Waals surface area contributed by atoms with Crippen molar-refractivity contribution in [2.45, 2.75) is 0 Å². The summed E-state index contributed by atoms with van der Waals surface area (Å²) in [5.41, 5.74) is 9.19.